The van der Waals surface area contributed by atoms with E-state index in [1.165, 1.54) is 0 Å². The second-order valence-electron chi connectivity index (χ2n) is 4.20. The van der Waals surface area contributed by atoms with Crippen molar-refractivity contribution in [2.24, 2.45) is 5.73 Å². The average Bonchev–Trinajstić information content (AvgIpc) is 2.37. The van der Waals surface area contributed by atoms with Gasteiger partial charge in [-0.15, -0.1) is 0 Å². The number of nitrogens with two attached hydrogens (primary N) is 1. The molecule has 0 saturated heterocycles. The Balaban J connectivity index is 2.24. The molecule has 1 rings (SSSR count). The number of ether oxygens (including phenoxy) is 1. The Bertz CT molecular complexity index is 324. The summed E-state index contributed by atoms with van der Waals surface area (Å²) in [6, 6.07) is 9.15. The lowest BCUT2D eigenvalue weighted by Gasteiger charge is -2.11. The molecule has 0 aliphatic carbocycles. The molecule has 17 heavy (non-hydrogen) atoms. The van der Waals surface area contributed by atoms with E-state index in [0.29, 0.717) is 13.0 Å². The minimum Gasteiger partial charge on any atom is -0.460 e. The molecule has 0 spiro atoms. The second-order valence-corrected chi connectivity index (χ2v) is 4.20. The zero-order chi connectivity index (χ0) is 12.5. The molecule has 1 aromatic carbocycles. The summed E-state index contributed by atoms with van der Waals surface area (Å²) in [5.41, 5.74) is 6.74. The average molecular weight is 235 g/mol. The summed E-state index contributed by atoms with van der Waals surface area (Å²) in [4.78, 5) is 11.6. The van der Waals surface area contributed by atoms with Crippen LogP contribution in [0.2, 0.25) is 0 Å². The van der Waals surface area contributed by atoms with Crippen LogP contribution in [-0.2, 0) is 16.1 Å². The van der Waals surface area contributed by atoms with Crippen molar-refractivity contribution in [3.05, 3.63) is 35.9 Å². The maximum absolute atomic E-state index is 11.6. The van der Waals surface area contributed by atoms with Crippen LogP contribution in [-0.4, -0.2) is 12.0 Å². The van der Waals surface area contributed by atoms with Crippen molar-refractivity contribution < 1.29 is 9.53 Å². The van der Waals surface area contributed by atoms with E-state index in [-0.39, 0.29) is 5.97 Å². The van der Waals surface area contributed by atoms with Gasteiger partial charge in [0.25, 0.3) is 0 Å². The van der Waals surface area contributed by atoms with Crippen molar-refractivity contribution in [3.63, 3.8) is 0 Å². The normalized spacial score (nSPS) is 12.1. The Hall–Kier alpha value is -1.35. The highest BCUT2D eigenvalue weighted by atomic mass is 16.5. The van der Waals surface area contributed by atoms with Crippen LogP contribution in [0.5, 0.6) is 0 Å². The van der Waals surface area contributed by atoms with E-state index in [1.807, 2.05) is 30.3 Å². The minimum absolute atomic E-state index is 0.301. The lowest BCUT2D eigenvalue weighted by molar-refractivity contribution is -0.146. The maximum atomic E-state index is 11.6. The molecule has 0 fully saturated rings. The zero-order valence-electron chi connectivity index (χ0n) is 10.4. The Morgan fingerprint density at radius 3 is 2.65 bits per heavy atom. The van der Waals surface area contributed by atoms with Gasteiger partial charge in [-0.2, -0.15) is 0 Å². The number of unbranched alkanes of at least 4 members (excludes halogenated alkanes) is 2. The number of carbonyl (C=O) groups is 1. The third-order valence-electron chi connectivity index (χ3n) is 2.65. The lowest BCUT2D eigenvalue weighted by atomic mass is 10.1. The number of hydrogen-bond donors (Lipinski definition) is 1. The van der Waals surface area contributed by atoms with Crippen molar-refractivity contribution in [2.75, 3.05) is 0 Å². The van der Waals surface area contributed by atoms with Crippen molar-refractivity contribution >= 4 is 5.97 Å². The van der Waals surface area contributed by atoms with Gasteiger partial charge in [0.15, 0.2) is 0 Å². The molecule has 0 radical (unpaired) electrons. The molecule has 1 aromatic rings. The van der Waals surface area contributed by atoms with Crippen LogP contribution < -0.4 is 5.73 Å². The molecule has 3 heteroatoms. The summed E-state index contributed by atoms with van der Waals surface area (Å²) in [5, 5.41) is 0. The van der Waals surface area contributed by atoms with Gasteiger partial charge < -0.3 is 10.5 Å². The number of benzene rings is 1. The van der Waals surface area contributed by atoms with E-state index in [0.717, 1.165) is 24.8 Å². The largest absolute Gasteiger partial charge is 0.460 e. The lowest BCUT2D eigenvalue weighted by Crippen LogP contribution is -2.32. The molecule has 2 N–H and O–H groups in total. The van der Waals surface area contributed by atoms with Gasteiger partial charge >= 0.3 is 5.97 Å². The first-order valence-electron chi connectivity index (χ1n) is 6.20. The predicted molar refractivity (Wildman–Crippen MR) is 68.4 cm³/mol. The van der Waals surface area contributed by atoms with Crippen molar-refractivity contribution in [2.45, 2.75) is 45.3 Å². The van der Waals surface area contributed by atoms with E-state index >= 15 is 0 Å². The van der Waals surface area contributed by atoms with Crippen LogP contribution in [0, 0.1) is 0 Å². The number of carbonyl (C=O) groups excluding carboxylic acids is 1. The van der Waals surface area contributed by atoms with Gasteiger partial charge in [0.1, 0.15) is 12.6 Å². The highest BCUT2D eigenvalue weighted by Crippen LogP contribution is 2.05. The molecule has 0 aliphatic heterocycles. The second kappa shape index (κ2) is 7.85. The Morgan fingerprint density at radius 2 is 2.00 bits per heavy atom. The summed E-state index contributed by atoms with van der Waals surface area (Å²) >= 11 is 0. The van der Waals surface area contributed by atoms with Gasteiger partial charge in [0.05, 0.1) is 0 Å². The van der Waals surface area contributed by atoms with Crippen molar-refractivity contribution in [1.29, 1.82) is 0 Å². The van der Waals surface area contributed by atoms with Gasteiger partial charge in [-0.3, -0.25) is 4.79 Å². The number of rotatable bonds is 7. The smallest absolute Gasteiger partial charge is 0.323 e. The molecule has 0 amide bonds. The van der Waals surface area contributed by atoms with Crippen LogP contribution in [0.25, 0.3) is 0 Å². The van der Waals surface area contributed by atoms with Gasteiger partial charge in [-0.25, -0.2) is 0 Å². The van der Waals surface area contributed by atoms with Gasteiger partial charge in [0.2, 0.25) is 0 Å². The van der Waals surface area contributed by atoms with Crippen molar-refractivity contribution in [3.8, 4) is 0 Å². The number of hydrogen-bond acceptors (Lipinski definition) is 3. The Morgan fingerprint density at radius 1 is 1.29 bits per heavy atom. The first kappa shape index (κ1) is 13.7. The monoisotopic (exact) mass is 235 g/mol. The molecule has 3 nitrogen and oxygen atoms in total. The number of esters is 1. The molecule has 0 aromatic heterocycles. The van der Waals surface area contributed by atoms with E-state index in [1.54, 1.807) is 0 Å². The topological polar surface area (TPSA) is 52.3 Å². The standard InChI is InChI=1S/C14H21NO2/c1-2-3-5-10-13(15)14(16)17-11-12-8-6-4-7-9-12/h4,6-9,13H,2-3,5,10-11,15H2,1H3/t13-/m0/s1. The summed E-state index contributed by atoms with van der Waals surface area (Å²) < 4.78 is 5.16. The van der Waals surface area contributed by atoms with Crippen LogP contribution >= 0.6 is 0 Å². The molecule has 0 aliphatic rings. The molecule has 0 unspecified atom stereocenters. The first-order valence-corrected chi connectivity index (χ1v) is 6.20. The fourth-order valence-electron chi connectivity index (χ4n) is 1.57. The zero-order valence-corrected chi connectivity index (χ0v) is 10.4. The van der Waals surface area contributed by atoms with Crippen molar-refractivity contribution in [1.82, 2.24) is 0 Å². The van der Waals surface area contributed by atoms with Gasteiger partial charge in [-0.1, -0.05) is 56.5 Å². The van der Waals surface area contributed by atoms with Crippen LogP contribution in [0.3, 0.4) is 0 Å². The SMILES string of the molecule is CCCCC[C@H](N)C(=O)OCc1ccccc1. The molecule has 0 bridgehead atoms. The Kier molecular flexibility index (Phi) is 6.33. The van der Waals surface area contributed by atoms with Crippen LogP contribution in [0.1, 0.15) is 38.2 Å². The summed E-state index contributed by atoms with van der Waals surface area (Å²) in [7, 11) is 0. The highest BCUT2D eigenvalue weighted by molar-refractivity contribution is 5.75. The highest BCUT2D eigenvalue weighted by Gasteiger charge is 2.14. The molecular weight excluding hydrogens is 214 g/mol. The molecule has 0 heterocycles. The van der Waals surface area contributed by atoms with E-state index in [9.17, 15) is 4.79 Å². The molecule has 0 saturated carbocycles. The molecule has 1 atom stereocenters. The van der Waals surface area contributed by atoms with E-state index < -0.39 is 6.04 Å². The summed E-state index contributed by atoms with van der Waals surface area (Å²) in [6.45, 7) is 2.43. The quantitative estimate of drug-likeness (QED) is 0.584. The third-order valence-corrected chi connectivity index (χ3v) is 2.65. The predicted octanol–water partition coefficient (Wildman–Crippen LogP) is 2.64. The fourth-order valence-corrected chi connectivity index (χ4v) is 1.57. The van der Waals surface area contributed by atoms with E-state index in [2.05, 4.69) is 6.92 Å². The fraction of sp³-hybridized carbons (Fsp3) is 0.500. The minimum atomic E-state index is -0.481. The van der Waals surface area contributed by atoms with Gasteiger partial charge in [-0.05, 0) is 12.0 Å². The van der Waals surface area contributed by atoms with Gasteiger partial charge in [0, 0.05) is 0 Å². The molecule has 94 valence electrons. The van der Waals surface area contributed by atoms with Crippen LogP contribution in [0.15, 0.2) is 30.3 Å². The third kappa shape index (κ3) is 5.50. The molecular formula is C14H21NO2. The maximum Gasteiger partial charge on any atom is 0.323 e. The first-order chi connectivity index (χ1) is 8.24. The van der Waals surface area contributed by atoms with Crippen LogP contribution in [0.4, 0.5) is 0 Å². The summed E-state index contributed by atoms with van der Waals surface area (Å²) in [5.74, 6) is -0.301. The summed E-state index contributed by atoms with van der Waals surface area (Å²) in [6.07, 6.45) is 3.94. The Labute approximate surface area is 103 Å². The van der Waals surface area contributed by atoms with E-state index in [4.69, 9.17) is 10.5 Å².